The maximum Gasteiger partial charge on any atom is 0.283 e. The average molecular weight is 466 g/mol. The van der Waals surface area contributed by atoms with Gasteiger partial charge in [-0.1, -0.05) is 53.5 Å². The van der Waals surface area contributed by atoms with Crippen LogP contribution >= 0.6 is 23.2 Å². The first-order valence-electron chi connectivity index (χ1n) is 9.64. The third kappa shape index (κ3) is 4.10. The number of carbonyl (C=O) groups excluding carboxylic acids is 3. The van der Waals surface area contributed by atoms with E-state index in [-0.39, 0.29) is 27.3 Å². The van der Waals surface area contributed by atoms with Crippen LogP contribution in [0.4, 0.5) is 17.1 Å². The van der Waals surface area contributed by atoms with Crippen molar-refractivity contribution in [3.05, 3.63) is 99.7 Å². The molecule has 0 radical (unpaired) electrons. The van der Waals surface area contributed by atoms with E-state index in [1.807, 2.05) is 31.2 Å². The Kier molecular flexibility index (Phi) is 5.99. The molecular weight excluding hydrogens is 449 g/mol. The molecule has 3 amide bonds. The number of imide groups is 1. The van der Waals surface area contributed by atoms with Gasteiger partial charge in [-0.3, -0.25) is 14.4 Å². The van der Waals surface area contributed by atoms with Crippen LogP contribution in [0.1, 0.15) is 15.9 Å². The van der Waals surface area contributed by atoms with Crippen molar-refractivity contribution in [1.29, 1.82) is 0 Å². The minimum absolute atomic E-state index is 0.0614. The number of rotatable bonds is 5. The molecule has 1 heterocycles. The Labute approximate surface area is 194 Å². The van der Waals surface area contributed by atoms with Gasteiger partial charge >= 0.3 is 0 Å². The second-order valence-corrected chi connectivity index (χ2v) is 7.84. The number of nitrogens with one attached hydrogen (secondary N) is 2. The Morgan fingerprint density at radius 3 is 2.19 bits per heavy atom. The molecule has 0 saturated carbocycles. The number of amides is 3. The summed E-state index contributed by atoms with van der Waals surface area (Å²) in [5, 5.41) is 5.75. The normalized spacial score (nSPS) is 13.5. The summed E-state index contributed by atoms with van der Waals surface area (Å²) in [7, 11) is 0. The highest BCUT2D eigenvalue weighted by molar-refractivity contribution is 6.53. The van der Waals surface area contributed by atoms with Gasteiger partial charge in [0.1, 0.15) is 10.7 Å². The zero-order valence-corrected chi connectivity index (χ0v) is 18.4. The molecule has 1 aliphatic rings. The molecule has 0 aliphatic carbocycles. The van der Waals surface area contributed by atoms with E-state index < -0.39 is 11.8 Å². The molecule has 8 heteroatoms. The van der Waals surface area contributed by atoms with E-state index in [0.29, 0.717) is 11.3 Å². The van der Waals surface area contributed by atoms with Crippen LogP contribution in [0.15, 0.2) is 83.5 Å². The highest BCUT2D eigenvalue weighted by Gasteiger charge is 2.39. The Balaban J connectivity index is 1.50. The monoisotopic (exact) mass is 465 g/mol. The molecule has 0 saturated heterocycles. The molecule has 1 aliphatic heterocycles. The van der Waals surface area contributed by atoms with E-state index in [4.69, 9.17) is 23.2 Å². The number of para-hydroxylation sites is 2. The minimum atomic E-state index is -0.665. The molecule has 0 spiro atoms. The molecule has 3 aromatic rings. The Hall–Kier alpha value is -3.61. The predicted molar refractivity (Wildman–Crippen MR) is 126 cm³/mol. The maximum atomic E-state index is 12.9. The third-order valence-electron chi connectivity index (χ3n) is 4.93. The molecule has 32 heavy (non-hydrogen) atoms. The van der Waals surface area contributed by atoms with E-state index in [0.717, 1.165) is 16.2 Å². The number of hydrogen-bond acceptors (Lipinski definition) is 4. The van der Waals surface area contributed by atoms with Gasteiger partial charge in [-0.05, 0) is 55.0 Å². The predicted octanol–water partition coefficient (Wildman–Crippen LogP) is 5.34. The zero-order valence-electron chi connectivity index (χ0n) is 16.9. The second kappa shape index (κ2) is 8.86. The largest absolute Gasteiger partial charge is 0.350 e. The van der Waals surface area contributed by atoms with Crippen LogP contribution < -0.4 is 15.5 Å². The summed E-state index contributed by atoms with van der Waals surface area (Å²) in [5.41, 5.74) is 2.80. The summed E-state index contributed by atoms with van der Waals surface area (Å²) in [6.45, 7) is 1.91. The second-order valence-electron chi connectivity index (χ2n) is 7.06. The average Bonchev–Trinajstić information content (AvgIpc) is 2.99. The molecule has 0 aromatic heterocycles. The molecule has 4 rings (SSSR count). The maximum absolute atomic E-state index is 12.9. The molecule has 2 N–H and O–H groups in total. The lowest BCUT2D eigenvalue weighted by atomic mass is 10.1. The fourth-order valence-electron chi connectivity index (χ4n) is 3.22. The zero-order chi connectivity index (χ0) is 22.8. The third-order valence-corrected chi connectivity index (χ3v) is 5.60. The van der Waals surface area contributed by atoms with Crippen LogP contribution in [0.5, 0.6) is 0 Å². The van der Waals surface area contributed by atoms with Gasteiger partial charge in [0, 0.05) is 16.9 Å². The number of carbonyl (C=O) groups is 3. The lowest BCUT2D eigenvalue weighted by Crippen LogP contribution is -2.32. The smallest absolute Gasteiger partial charge is 0.283 e. The van der Waals surface area contributed by atoms with Crippen LogP contribution in [0.2, 0.25) is 5.02 Å². The van der Waals surface area contributed by atoms with Gasteiger partial charge < -0.3 is 10.6 Å². The minimum Gasteiger partial charge on any atom is -0.350 e. The van der Waals surface area contributed by atoms with E-state index >= 15 is 0 Å². The van der Waals surface area contributed by atoms with Crippen LogP contribution in [-0.4, -0.2) is 17.7 Å². The van der Waals surface area contributed by atoms with E-state index in [1.54, 1.807) is 48.5 Å². The number of anilines is 3. The number of benzene rings is 3. The van der Waals surface area contributed by atoms with Gasteiger partial charge in [0.05, 0.1) is 10.7 Å². The molecule has 0 bridgehead atoms. The van der Waals surface area contributed by atoms with Gasteiger partial charge in [-0.25, -0.2) is 4.90 Å². The van der Waals surface area contributed by atoms with Gasteiger partial charge in [0.15, 0.2) is 0 Å². The summed E-state index contributed by atoms with van der Waals surface area (Å²) in [6, 6.07) is 20.5. The fourth-order valence-corrected chi connectivity index (χ4v) is 3.65. The molecule has 0 fully saturated rings. The van der Waals surface area contributed by atoms with Crippen molar-refractivity contribution in [2.75, 3.05) is 15.5 Å². The topological polar surface area (TPSA) is 78.5 Å². The van der Waals surface area contributed by atoms with E-state index in [2.05, 4.69) is 10.6 Å². The van der Waals surface area contributed by atoms with Gasteiger partial charge in [0.25, 0.3) is 17.7 Å². The number of hydrogen-bond donors (Lipinski definition) is 2. The summed E-state index contributed by atoms with van der Waals surface area (Å²) in [5.74, 6) is -1.55. The molecule has 0 unspecified atom stereocenters. The van der Waals surface area contributed by atoms with E-state index in [9.17, 15) is 14.4 Å². The van der Waals surface area contributed by atoms with Crippen molar-refractivity contribution in [1.82, 2.24) is 0 Å². The SMILES string of the molecule is Cc1ccccc1NC(=O)c1ccc(NC2=C(Cl)C(=O)N(c3ccccc3Cl)C2=O)cc1. The van der Waals surface area contributed by atoms with Crippen LogP contribution in [-0.2, 0) is 9.59 Å². The molecule has 0 atom stereocenters. The summed E-state index contributed by atoms with van der Waals surface area (Å²) < 4.78 is 0. The number of halogens is 2. The highest BCUT2D eigenvalue weighted by atomic mass is 35.5. The molecular formula is C24H17Cl2N3O3. The first kappa shape index (κ1) is 21.6. The lowest BCUT2D eigenvalue weighted by Gasteiger charge is -2.16. The van der Waals surface area contributed by atoms with Crippen molar-refractivity contribution in [3.8, 4) is 0 Å². The number of aryl methyl sites for hydroxylation is 1. The summed E-state index contributed by atoms with van der Waals surface area (Å²) in [4.78, 5) is 38.9. The number of nitrogens with zero attached hydrogens (tertiary/aromatic N) is 1. The molecule has 160 valence electrons. The van der Waals surface area contributed by atoms with Crippen molar-refractivity contribution < 1.29 is 14.4 Å². The Morgan fingerprint density at radius 2 is 1.50 bits per heavy atom. The lowest BCUT2D eigenvalue weighted by molar-refractivity contribution is -0.120. The first-order valence-corrected chi connectivity index (χ1v) is 10.4. The standard InChI is InChI=1S/C24H17Cl2N3O3/c1-14-6-2-4-8-18(14)28-22(30)15-10-12-16(13-11-15)27-21-20(26)23(31)29(24(21)32)19-9-5-3-7-17(19)25/h2-13,27H,1H3,(H,28,30). The molecule has 3 aromatic carbocycles. The first-order chi connectivity index (χ1) is 15.4. The van der Waals surface area contributed by atoms with Crippen LogP contribution in [0, 0.1) is 6.92 Å². The van der Waals surface area contributed by atoms with Gasteiger partial charge in [-0.15, -0.1) is 0 Å². The van der Waals surface area contributed by atoms with Crippen LogP contribution in [0.3, 0.4) is 0 Å². The Morgan fingerprint density at radius 1 is 0.844 bits per heavy atom. The van der Waals surface area contributed by atoms with Crippen molar-refractivity contribution in [3.63, 3.8) is 0 Å². The van der Waals surface area contributed by atoms with Crippen molar-refractivity contribution in [2.45, 2.75) is 6.92 Å². The quantitative estimate of drug-likeness (QED) is 0.498. The fraction of sp³-hybridized carbons (Fsp3) is 0.0417. The van der Waals surface area contributed by atoms with Crippen molar-refractivity contribution >= 4 is 58.0 Å². The van der Waals surface area contributed by atoms with Gasteiger partial charge in [-0.2, -0.15) is 0 Å². The molecule has 6 nitrogen and oxygen atoms in total. The van der Waals surface area contributed by atoms with Crippen LogP contribution in [0.25, 0.3) is 0 Å². The summed E-state index contributed by atoms with van der Waals surface area (Å²) in [6.07, 6.45) is 0. The highest BCUT2D eigenvalue weighted by Crippen LogP contribution is 2.34. The van der Waals surface area contributed by atoms with E-state index in [1.165, 1.54) is 0 Å². The van der Waals surface area contributed by atoms with Gasteiger partial charge in [0.2, 0.25) is 0 Å². The Bertz CT molecular complexity index is 1270. The van der Waals surface area contributed by atoms with Crippen molar-refractivity contribution in [2.24, 2.45) is 0 Å². The summed E-state index contributed by atoms with van der Waals surface area (Å²) >= 11 is 12.3.